The lowest BCUT2D eigenvalue weighted by atomic mass is 9.99. The molecule has 0 aromatic carbocycles. The van der Waals surface area contributed by atoms with E-state index in [0.29, 0.717) is 13.0 Å². The van der Waals surface area contributed by atoms with Gasteiger partial charge in [-0.3, -0.25) is 9.35 Å². The van der Waals surface area contributed by atoms with Crippen molar-refractivity contribution in [1.82, 2.24) is 0 Å². The summed E-state index contributed by atoms with van der Waals surface area (Å²) in [4.78, 5) is 12.5. The second-order valence-corrected chi connectivity index (χ2v) is 13.5. The molecule has 48 heavy (non-hydrogen) atoms. The molecule has 0 saturated carbocycles. The zero-order chi connectivity index (χ0) is 35.5. The maximum absolute atomic E-state index is 12.5. The summed E-state index contributed by atoms with van der Waals surface area (Å²) in [6, 6.07) is 0. The Morgan fingerprint density at radius 2 is 1.38 bits per heavy atom. The molecule has 12 nitrogen and oxygen atoms in total. The van der Waals surface area contributed by atoms with Gasteiger partial charge in [0.2, 0.25) is 0 Å². The maximum Gasteiger partial charge on any atom is 0.397 e. The van der Waals surface area contributed by atoms with E-state index < -0.39 is 59.8 Å². The van der Waals surface area contributed by atoms with E-state index >= 15 is 0 Å². The average Bonchev–Trinajstić information content (AvgIpc) is 3.05. The lowest BCUT2D eigenvalue weighted by molar-refractivity contribution is -0.301. The first-order valence-corrected chi connectivity index (χ1v) is 19.5. The lowest BCUT2D eigenvalue weighted by Crippen LogP contribution is -2.60. The fraction of sp³-hybridized carbons (Fsp3) is 0.857. The number of ether oxygens (including phenoxy) is 4. The van der Waals surface area contributed by atoms with Crippen LogP contribution in [-0.4, -0.2) is 97.5 Å². The summed E-state index contributed by atoms with van der Waals surface area (Å²) in [6.45, 7) is 3.78. The van der Waals surface area contributed by atoms with Crippen LogP contribution in [0.25, 0.3) is 0 Å². The van der Waals surface area contributed by atoms with Gasteiger partial charge in [-0.1, -0.05) is 102 Å². The minimum Gasteiger partial charge on any atom is -0.457 e. The second-order valence-electron chi connectivity index (χ2n) is 12.5. The first-order chi connectivity index (χ1) is 23.1. The number of esters is 1. The van der Waals surface area contributed by atoms with E-state index in [9.17, 15) is 28.5 Å². The van der Waals surface area contributed by atoms with E-state index in [-0.39, 0.29) is 19.6 Å². The molecule has 0 aromatic heterocycles. The van der Waals surface area contributed by atoms with E-state index in [1.807, 2.05) is 0 Å². The Balaban J connectivity index is 2.40. The number of hydrogen-bond acceptors (Lipinski definition) is 11. The van der Waals surface area contributed by atoms with Crippen LogP contribution in [0.2, 0.25) is 0 Å². The van der Waals surface area contributed by atoms with Crippen LogP contribution in [0.15, 0.2) is 24.3 Å². The summed E-state index contributed by atoms with van der Waals surface area (Å²) in [6.07, 6.45) is 18.7. The Labute approximate surface area is 289 Å². The predicted molar refractivity (Wildman–Crippen MR) is 184 cm³/mol. The summed E-state index contributed by atoms with van der Waals surface area (Å²) in [5, 5.41) is 30.3. The van der Waals surface area contributed by atoms with Crippen molar-refractivity contribution in [2.75, 3.05) is 26.4 Å². The van der Waals surface area contributed by atoms with Crippen molar-refractivity contribution in [2.45, 2.75) is 166 Å². The van der Waals surface area contributed by atoms with Crippen molar-refractivity contribution in [2.24, 2.45) is 0 Å². The van der Waals surface area contributed by atoms with Crippen molar-refractivity contribution in [1.29, 1.82) is 0 Å². The molecule has 1 saturated heterocycles. The first kappa shape index (κ1) is 44.6. The predicted octanol–water partition coefficient (Wildman–Crippen LogP) is 5.73. The Bertz CT molecular complexity index is 957. The van der Waals surface area contributed by atoms with E-state index in [0.717, 1.165) is 57.8 Å². The van der Waals surface area contributed by atoms with Crippen LogP contribution in [0.1, 0.15) is 129 Å². The summed E-state index contributed by atoms with van der Waals surface area (Å²) >= 11 is 0. The largest absolute Gasteiger partial charge is 0.457 e. The van der Waals surface area contributed by atoms with E-state index in [1.54, 1.807) is 0 Å². The highest BCUT2D eigenvalue weighted by Crippen LogP contribution is 2.26. The Morgan fingerprint density at radius 3 is 1.98 bits per heavy atom. The third kappa shape index (κ3) is 22.3. The van der Waals surface area contributed by atoms with Crippen molar-refractivity contribution in [3.8, 4) is 0 Å². The Hall–Kier alpha value is -1.42. The molecular formula is C35H64O12S. The van der Waals surface area contributed by atoms with Gasteiger partial charge < -0.3 is 34.3 Å². The Kier molecular flexibility index (Phi) is 26.3. The topological polar surface area (TPSA) is 178 Å². The van der Waals surface area contributed by atoms with Crippen molar-refractivity contribution in [3.63, 3.8) is 0 Å². The summed E-state index contributed by atoms with van der Waals surface area (Å²) < 4.78 is 58.3. The van der Waals surface area contributed by atoms with Gasteiger partial charge in [0, 0.05) is 13.0 Å². The van der Waals surface area contributed by atoms with Crippen LogP contribution in [0.4, 0.5) is 0 Å². The number of carbonyl (C=O) groups is 1. The molecule has 0 spiro atoms. The van der Waals surface area contributed by atoms with Crippen LogP contribution >= 0.6 is 0 Å². The molecule has 13 heteroatoms. The fourth-order valence-electron chi connectivity index (χ4n) is 5.29. The van der Waals surface area contributed by atoms with E-state index in [2.05, 4.69) is 42.3 Å². The van der Waals surface area contributed by atoms with Crippen molar-refractivity contribution >= 4 is 16.4 Å². The SMILES string of the molecule is CCCCCC/C=C\C/C=C\CCCCCCCCOCC(COC1OC(CO)C(O)C(OS(=O)(=O)O)C1O)OC(=O)CCCCCC. The third-order valence-corrected chi connectivity index (χ3v) is 8.54. The molecule has 0 bridgehead atoms. The molecule has 6 unspecified atom stereocenters. The average molecular weight is 709 g/mol. The molecule has 1 heterocycles. The number of allylic oxidation sites excluding steroid dienone is 4. The van der Waals surface area contributed by atoms with Gasteiger partial charge in [-0.15, -0.1) is 0 Å². The van der Waals surface area contributed by atoms with Crippen LogP contribution in [0.5, 0.6) is 0 Å². The van der Waals surface area contributed by atoms with Crippen LogP contribution < -0.4 is 0 Å². The van der Waals surface area contributed by atoms with Gasteiger partial charge in [0.1, 0.15) is 30.5 Å². The Morgan fingerprint density at radius 1 is 0.792 bits per heavy atom. The van der Waals surface area contributed by atoms with Gasteiger partial charge in [-0.2, -0.15) is 8.42 Å². The van der Waals surface area contributed by atoms with Gasteiger partial charge in [-0.05, 0) is 44.9 Å². The molecule has 0 amide bonds. The number of unbranched alkanes of at least 4 members (excludes halogenated alkanes) is 13. The van der Waals surface area contributed by atoms with Gasteiger partial charge in [0.05, 0.1) is 19.8 Å². The van der Waals surface area contributed by atoms with Gasteiger partial charge >= 0.3 is 16.4 Å². The number of hydrogen-bond donors (Lipinski definition) is 4. The van der Waals surface area contributed by atoms with Gasteiger partial charge in [0.25, 0.3) is 0 Å². The van der Waals surface area contributed by atoms with E-state index in [4.69, 9.17) is 23.5 Å². The highest BCUT2D eigenvalue weighted by Gasteiger charge is 2.48. The fourth-order valence-corrected chi connectivity index (χ4v) is 5.80. The minimum atomic E-state index is -5.05. The van der Waals surface area contributed by atoms with E-state index in [1.165, 1.54) is 44.9 Å². The summed E-state index contributed by atoms with van der Waals surface area (Å²) in [5.41, 5.74) is 0. The number of aliphatic hydroxyl groups is 3. The standard InChI is InChI=1S/C35H64O12S/c1-3-5-7-9-10-11-12-13-14-15-16-17-18-19-20-21-23-25-43-27-29(45-31(37)24-22-8-6-4-2)28-44-35-33(39)34(47-48(40,41)42)32(38)30(26-36)46-35/h11-12,14-15,29-30,32-36,38-39H,3-10,13,16-28H2,1-2H3,(H,40,41,42)/b12-11-,15-14-. The molecule has 0 radical (unpaired) electrons. The van der Waals surface area contributed by atoms with Gasteiger partial charge in [0.15, 0.2) is 6.29 Å². The van der Waals surface area contributed by atoms with Crippen molar-refractivity contribution in [3.05, 3.63) is 24.3 Å². The molecule has 1 aliphatic rings. The molecule has 1 fully saturated rings. The molecule has 0 aliphatic carbocycles. The summed E-state index contributed by atoms with van der Waals surface area (Å²) in [7, 11) is -5.05. The summed E-state index contributed by atoms with van der Waals surface area (Å²) in [5.74, 6) is -0.422. The van der Waals surface area contributed by atoms with Crippen LogP contribution in [-0.2, 0) is 38.3 Å². The molecule has 0 aromatic rings. The zero-order valence-corrected chi connectivity index (χ0v) is 30.1. The smallest absolute Gasteiger partial charge is 0.397 e. The van der Waals surface area contributed by atoms with Gasteiger partial charge in [-0.25, -0.2) is 4.18 Å². The maximum atomic E-state index is 12.5. The highest BCUT2D eigenvalue weighted by atomic mass is 32.3. The number of aliphatic hydroxyl groups excluding tert-OH is 3. The molecule has 1 aliphatic heterocycles. The highest BCUT2D eigenvalue weighted by molar-refractivity contribution is 7.80. The lowest BCUT2D eigenvalue weighted by Gasteiger charge is -2.41. The molecular weight excluding hydrogens is 644 g/mol. The normalized spacial score (nSPS) is 22.5. The quantitative estimate of drug-likeness (QED) is 0.0309. The molecule has 1 rings (SSSR count). The monoisotopic (exact) mass is 708 g/mol. The molecule has 6 atom stereocenters. The zero-order valence-electron chi connectivity index (χ0n) is 29.3. The first-order valence-electron chi connectivity index (χ1n) is 18.1. The molecule has 282 valence electrons. The number of carbonyl (C=O) groups excluding carboxylic acids is 1. The number of rotatable bonds is 30. The van der Waals surface area contributed by atoms with Crippen molar-refractivity contribution < 1.29 is 56.2 Å². The van der Waals surface area contributed by atoms with Crippen LogP contribution in [0, 0.1) is 0 Å². The molecule has 4 N–H and O–H groups in total. The minimum absolute atomic E-state index is 0.0287. The third-order valence-electron chi connectivity index (χ3n) is 8.08. The van der Waals surface area contributed by atoms with Crippen LogP contribution in [0.3, 0.4) is 0 Å². The second kappa shape index (κ2) is 28.3.